The van der Waals surface area contributed by atoms with Crippen molar-refractivity contribution in [2.45, 2.75) is 6.18 Å². The highest BCUT2D eigenvalue weighted by atomic mass is 32.1. The Labute approximate surface area is 191 Å². The lowest BCUT2D eigenvalue weighted by molar-refractivity contribution is -0.137. The molecule has 0 fully saturated rings. The van der Waals surface area contributed by atoms with Gasteiger partial charge in [0.05, 0.1) is 24.7 Å². The maximum Gasteiger partial charge on any atom is 0.416 e. The smallest absolute Gasteiger partial charge is 0.416 e. The van der Waals surface area contributed by atoms with Crippen LogP contribution in [0.15, 0.2) is 65.7 Å². The molecule has 2 amide bonds. The van der Waals surface area contributed by atoms with E-state index in [-0.39, 0.29) is 11.4 Å². The average Bonchev–Trinajstić information content (AvgIpc) is 3.33. The van der Waals surface area contributed by atoms with Crippen LogP contribution in [0.1, 0.15) is 20.8 Å². The molecule has 2 aromatic carbocycles. The molecular formula is C23H19F3N2O4S. The van der Waals surface area contributed by atoms with E-state index in [1.54, 1.807) is 35.7 Å². The van der Waals surface area contributed by atoms with Gasteiger partial charge in [0.25, 0.3) is 11.8 Å². The molecule has 0 saturated heterocycles. The minimum Gasteiger partial charge on any atom is -0.493 e. The molecule has 3 aromatic rings. The predicted molar refractivity (Wildman–Crippen MR) is 119 cm³/mol. The first-order chi connectivity index (χ1) is 15.7. The van der Waals surface area contributed by atoms with E-state index in [0.29, 0.717) is 21.9 Å². The average molecular weight is 476 g/mol. The summed E-state index contributed by atoms with van der Waals surface area (Å²) in [4.78, 5) is 25.9. The molecule has 0 aliphatic carbocycles. The van der Waals surface area contributed by atoms with Gasteiger partial charge >= 0.3 is 6.18 Å². The summed E-state index contributed by atoms with van der Waals surface area (Å²) in [5.41, 5.74) is -0.655. The van der Waals surface area contributed by atoms with E-state index < -0.39 is 23.6 Å². The molecule has 0 aliphatic heterocycles. The van der Waals surface area contributed by atoms with Gasteiger partial charge in [-0.25, -0.2) is 0 Å². The van der Waals surface area contributed by atoms with Crippen molar-refractivity contribution in [2.24, 2.45) is 0 Å². The Morgan fingerprint density at radius 2 is 1.73 bits per heavy atom. The summed E-state index contributed by atoms with van der Waals surface area (Å²) in [5, 5.41) is 6.63. The van der Waals surface area contributed by atoms with Crippen LogP contribution in [0.2, 0.25) is 0 Å². The normalized spacial score (nSPS) is 11.6. The molecule has 1 heterocycles. The third-order valence-electron chi connectivity index (χ3n) is 4.40. The number of carbonyl (C=O) groups excluding carboxylic acids is 2. The van der Waals surface area contributed by atoms with Crippen molar-refractivity contribution in [3.63, 3.8) is 0 Å². The Bertz CT molecular complexity index is 1170. The van der Waals surface area contributed by atoms with Gasteiger partial charge in [-0.1, -0.05) is 18.2 Å². The van der Waals surface area contributed by atoms with Crippen LogP contribution >= 0.6 is 11.3 Å². The fourth-order valence-corrected chi connectivity index (χ4v) is 3.45. The summed E-state index contributed by atoms with van der Waals surface area (Å²) in [5.74, 6) is -0.467. The number of nitrogens with one attached hydrogen (secondary N) is 2. The van der Waals surface area contributed by atoms with Crippen LogP contribution in [0, 0.1) is 0 Å². The lowest BCUT2D eigenvalue weighted by atomic mass is 10.1. The van der Waals surface area contributed by atoms with Gasteiger partial charge in [-0.2, -0.15) is 13.2 Å². The fourth-order valence-electron chi connectivity index (χ4n) is 2.83. The number of benzene rings is 2. The molecule has 0 unspecified atom stereocenters. The molecule has 0 atom stereocenters. The minimum atomic E-state index is -4.56. The van der Waals surface area contributed by atoms with E-state index in [1.807, 2.05) is 0 Å². The van der Waals surface area contributed by atoms with Crippen LogP contribution in [0.4, 0.5) is 18.9 Å². The highest BCUT2D eigenvalue weighted by molar-refractivity contribution is 7.12. The molecule has 1 aromatic heterocycles. The van der Waals surface area contributed by atoms with Crippen LogP contribution in [0.5, 0.6) is 11.5 Å². The van der Waals surface area contributed by atoms with Gasteiger partial charge in [0.1, 0.15) is 5.70 Å². The minimum absolute atomic E-state index is 0.0709. The third kappa shape index (κ3) is 6.13. The number of amides is 2. The number of rotatable bonds is 7. The van der Waals surface area contributed by atoms with Crippen molar-refractivity contribution in [2.75, 3.05) is 19.5 Å². The van der Waals surface area contributed by atoms with E-state index >= 15 is 0 Å². The lowest BCUT2D eigenvalue weighted by Gasteiger charge is -2.13. The van der Waals surface area contributed by atoms with E-state index in [9.17, 15) is 22.8 Å². The molecule has 172 valence electrons. The number of alkyl halides is 3. The first kappa shape index (κ1) is 23.9. The zero-order valence-electron chi connectivity index (χ0n) is 17.5. The molecule has 3 rings (SSSR count). The zero-order chi connectivity index (χ0) is 24.0. The first-order valence-corrected chi connectivity index (χ1v) is 10.4. The SMILES string of the molecule is COc1ccc(/C=C(/NC(=O)c2cccs2)C(=O)Nc2cccc(C(F)(F)F)c2)cc1OC. The Hall–Kier alpha value is -3.79. The Balaban J connectivity index is 1.94. The highest BCUT2D eigenvalue weighted by Crippen LogP contribution is 2.31. The lowest BCUT2D eigenvalue weighted by Crippen LogP contribution is -2.30. The second-order valence-electron chi connectivity index (χ2n) is 6.64. The molecule has 6 nitrogen and oxygen atoms in total. The Morgan fingerprint density at radius 1 is 0.970 bits per heavy atom. The van der Waals surface area contributed by atoms with Crippen molar-refractivity contribution in [1.82, 2.24) is 5.32 Å². The van der Waals surface area contributed by atoms with E-state index in [0.717, 1.165) is 12.1 Å². The van der Waals surface area contributed by atoms with Gasteiger partial charge in [0.15, 0.2) is 11.5 Å². The van der Waals surface area contributed by atoms with Crippen molar-refractivity contribution in [3.8, 4) is 11.5 Å². The van der Waals surface area contributed by atoms with Gasteiger partial charge in [-0.3, -0.25) is 9.59 Å². The van der Waals surface area contributed by atoms with Gasteiger partial charge < -0.3 is 20.1 Å². The number of hydrogen-bond donors (Lipinski definition) is 2. The van der Waals surface area contributed by atoms with Gasteiger partial charge in [-0.05, 0) is 53.4 Å². The van der Waals surface area contributed by atoms with Crippen LogP contribution in [-0.4, -0.2) is 26.0 Å². The summed E-state index contributed by atoms with van der Waals surface area (Å²) < 4.78 is 49.5. The molecule has 0 bridgehead atoms. The molecule has 33 heavy (non-hydrogen) atoms. The molecule has 0 saturated carbocycles. The van der Waals surface area contributed by atoms with Crippen LogP contribution in [0.25, 0.3) is 6.08 Å². The number of ether oxygens (including phenoxy) is 2. The topological polar surface area (TPSA) is 76.7 Å². The number of methoxy groups -OCH3 is 2. The quantitative estimate of drug-likeness (QED) is 0.460. The third-order valence-corrected chi connectivity index (χ3v) is 5.27. The highest BCUT2D eigenvalue weighted by Gasteiger charge is 2.30. The summed E-state index contributed by atoms with van der Waals surface area (Å²) in [6.45, 7) is 0. The van der Waals surface area contributed by atoms with Crippen LogP contribution in [-0.2, 0) is 11.0 Å². The van der Waals surface area contributed by atoms with E-state index in [4.69, 9.17) is 9.47 Å². The Kier molecular flexibility index (Phi) is 7.39. The summed E-state index contributed by atoms with van der Waals surface area (Å²) in [6, 6.07) is 12.3. The predicted octanol–water partition coefficient (Wildman–Crippen LogP) is 5.19. The molecular weight excluding hydrogens is 457 g/mol. The second kappa shape index (κ2) is 10.2. The molecule has 0 aliphatic rings. The number of carbonyl (C=O) groups is 2. The largest absolute Gasteiger partial charge is 0.493 e. The van der Waals surface area contributed by atoms with Crippen LogP contribution < -0.4 is 20.1 Å². The Morgan fingerprint density at radius 3 is 2.36 bits per heavy atom. The van der Waals surface area contributed by atoms with Crippen LogP contribution in [0.3, 0.4) is 0 Å². The van der Waals surface area contributed by atoms with Crippen molar-refractivity contribution < 1.29 is 32.2 Å². The molecule has 2 N–H and O–H groups in total. The van der Waals surface area contributed by atoms with Gasteiger partial charge in [-0.15, -0.1) is 11.3 Å². The number of thiophene rings is 1. The number of halogens is 3. The van der Waals surface area contributed by atoms with Crippen molar-refractivity contribution >= 4 is 34.9 Å². The second-order valence-corrected chi connectivity index (χ2v) is 7.58. The van der Waals surface area contributed by atoms with E-state index in [1.165, 1.54) is 43.8 Å². The summed E-state index contributed by atoms with van der Waals surface area (Å²) >= 11 is 1.18. The number of hydrogen-bond acceptors (Lipinski definition) is 5. The summed E-state index contributed by atoms with van der Waals surface area (Å²) in [7, 11) is 2.92. The van der Waals surface area contributed by atoms with E-state index in [2.05, 4.69) is 10.6 Å². The maximum atomic E-state index is 13.0. The summed E-state index contributed by atoms with van der Waals surface area (Å²) in [6.07, 6.45) is -3.18. The standard InChI is InChI=1S/C23H19F3N2O4S/c1-31-18-9-8-14(12-19(18)32-2)11-17(28-22(30)20-7-4-10-33-20)21(29)27-16-6-3-5-15(13-16)23(24,25)26/h3-13H,1-2H3,(H,27,29)(H,28,30)/b17-11+. The number of anilines is 1. The van der Waals surface area contributed by atoms with Crippen molar-refractivity contribution in [3.05, 3.63) is 81.7 Å². The monoisotopic (exact) mass is 476 g/mol. The fraction of sp³-hybridized carbons (Fsp3) is 0.130. The molecule has 0 radical (unpaired) electrons. The molecule has 10 heteroatoms. The van der Waals surface area contributed by atoms with Crippen molar-refractivity contribution in [1.29, 1.82) is 0 Å². The van der Waals surface area contributed by atoms with Gasteiger partial charge in [0, 0.05) is 5.69 Å². The first-order valence-electron chi connectivity index (χ1n) is 9.48. The maximum absolute atomic E-state index is 13.0. The van der Waals surface area contributed by atoms with Gasteiger partial charge in [0.2, 0.25) is 0 Å². The molecule has 0 spiro atoms. The zero-order valence-corrected chi connectivity index (χ0v) is 18.3.